The highest BCUT2D eigenvalue weighted by molar-refractivity contribution is 6.15. The number of carbonyl (C=O) groups is 3. The lowest BCUT2D eigenvalue weighted by Gasteiger charge is -2.25. The lowest BCUT2D eigenvalue weighted by atomic mass is 9.95. The van der Waals surface area contributed by atoms with Crippen LogP contribution in [0, 0.1) is 5.92 Å². The minimum atomic E-state index is -4.59. The maximum absolute atomic E-state index is 12.9. The Morgan fingerprint density at radius 2 is 1.92 bits per heavy atom. The summed E-state index contributed by atoms with van der Waals surface area (Å²) < 4.78 is 38.7. The molecule has 0 aliphatic carbocycles. The fraction of sp³-hybridized carbons (Fsp3) is 0.375. The van der Waals surface area contributed by atoms with Gasteiger partial charge in [0.2, 0.25) is 11.8 Å². The zero-order valence-electron chi connectivity index (χ0n) is 13.6. The van der Waals surface area contributed by atoms with E-state index >= 15 is 0 Å². The lowest BCUT2D eigenvalue weighted by molar-refractivity contribution is -0.137. The van der Waals surface area contributed by atoms with Crippen LogP contribution in [0.25, 0.3) is 0 Å². The Kier molecular flexibility index (Phi) is 5.24. The molecule has 9 heteroatoms. The molecule has 1 aromatic carbocycles. The molecule has 2 rings (SSSR count). The number of carbonyl (C=O) groups excluding carboxylic acids is 3. The van der Waals surface area contributed by atoms with E-state index in [9.17, 15) is 27.6 Å². The summed E-state index contributed by atoms with van der Waals surface area (Å²) in [7, 11) is 1.28. The average molecular weight is 355 g/mol. The van der Waals surface area contributed by atoms with E-state index in [0.717, 1.165) is 17.0 Å². The number of para-hydroxylation sites is 1. The molecule has 0 fully saturated rings. The van der Waals surface area contributed by atoms with Gasteiger partial charge in [0.25, 0.3) is 0 Å². The second-order valence-electron chi connectivity index (χ2n) is 5.62. The predicted molar refractivity (Wildman–Crippen MR) is 84.1 cm³/mol. The van der Waals surface area contributed by atoms with Crippen LogP contribution in [0.3, 0.4) is 0 Å². The number of imide groups is 1. The molecule has 0 spiro atoms. The maximum atomic E-state index is 12.9. The molecule has 0 saturated heterocycles. The number of aliphatic imine (C=N–C) groups is 1. The Balaban J connectivity index is 2.04. The van der Waals surface area contributed by atoms with Gasteiger partial charge in [-0.1, -0.05) is 12.1 Å². The van der Waals surface area contributed by atoms with Gasteiger partial charge >= 0.3 is 12.2 Å². The summed E-state index contributed by atoms with van der Waals surface area (Å²) in [5.41, 5.74) is -0.996. The SMILES string of the molecule is CC1=NC(=O)N(C)C(=O)C1CCC(=O)Nc1ccccc1C(F)(F)F. The molecule has 0 aromatic heterocycles. The van der Waals surface area contributed by atoms with E-state index in [1.54, 1.807) is 0 Å². The molecule has 25 heavy (non-hydrogen) atoms. The first-order chi connectivity index (χ1) is 11.6. The van der Waals surface area contributed by atoms with Gasteiger partial charge in [-0.25, -0.2) is 9.79 Å². The van der Waals surface area contributed by atoms with E-state index in [4.69, 9.17) is 0 Å². The molecular formula is C16H16F3N3O3. The average Bonchev–Trinajstić information content (AvgIpc) is 2.52. The third-order valence-corrected chi connectivity index (χ3v) is 3.86. The van der Waals surface area contributed by atoms with Crippen LogP contribution in [0.4, 0.5) is 23.7 Å². The predicted octanol–water partition coefficient (Wildman–Crippen LogP) is 3.09. The summed E-state index contributed by atoms with van der Waals surface area (Å²) in [6, 6.07) is 3.96. The Morgan fingerprint density at radius 3 is 2.56 bits per heavy atom. The van der Waals surface area contributed by atoms with Crippen LogP contribution in [0.2, 0.25) is 0 Å². The minimum absolute atomic E-state index is 0.0474. The van der Waals surface area contributed by atoms with E-state index in [2.05, 4.69) is 10.3 Å². The van der Waals surface area contributed by atoms with Crippen LogP contribution in [-0.2, 0) is 15.8 Å². The molecule has 1 aromatic rings. The van der Waals surface area contributed by atoms with Crippen LogP contribution in [0.1, 0.15) is 25.3 Å². The van der Waals surface area contributed by atoms with Gasteiger partial charge in [0.05, 0.1) is 17.2 Å². The van der Waals surface area contributed by atoms with Crippen molar-refractivity contribution in [3.05, 3.63) is 29.8 Å². The quantitative estimate of drug-likeness (QED) is 0.901. The highest BCUT2D eigenvalue weighted by Gasteiger charge is 2.35. The summed E-state index contributed by atoms with van der Waals surface area (Å²) in [4.78, 5) is 40.0. The second kappa shape index (κ2) is 7.04. The maximum Gasteiger partial charge on any atom is 0.418 e. The van der Waals surface area contributed by atoms with Crippen molar-refractivity contribution in [3.63, 3.8) is 0 Å². The van der Waals surface area contributed by atoms with Gasteiger partial charge in [-0.2, -0.15) is 13.2 Å². The number of alkyl halides is 3. The van der Waals surface area contributed by atoms with Crippen molar-refractivity contribution in [1.82, 2.24) is 4.90 Å². The molecular weight excluding hydrogens is 339 g/mol. The summed E-state index contributed by atoms with van der Waals surface area (Å²) in [6.45, 7) is 1.50. The molecule has 1 heterocycles. The second-order valence-corrected chi connectivity index (χ2v) is 5.62. The van der Waals surface area contributed by atoms with Gasteiger partial charge in [0.1, 0.15) is 0 Å². The number of urea groups is 1. The normalized spacial score (nSPS) is 18.2. The van der Waals surface area contributed by atoms with Gasteiger partial charge in [0, 0.05) is 19.2 Å². The standard InChI is InChI=1S/C16H16F3N3O3/c1-9-10(14(24)22(2)15(25)20-9)7-8-13(23)21-12-6-4-3-5-11(12)16(17,18)19/h3-6,10H,7-8H2,1-2H3,(H,21,23). The first-order valence-corrected chi connectivity index (χ1v) is 7.44. The summed E-state index contributed by atoms with van der Waals surface area (Å²) in [5.74, 6) is -1.89. The number of hydrogen-bond donors (Lipinski definition) is 1. The summed E-state index contributed by atoms with van der Waals surface area (Å²) >= 11 is 0. The number of amides is 4. The van der Waals surface area contributed by atoms with Gasteiger partial charge in [-0.05, 0) is 25.5 Å². The summed E-state index contributed by atoms with van der Waals surface area (Å²) in [5, 5.41) is 2.22. The van der Waals surface area contributed by atoms with Gasteiger partial charge in [-0.3, -0.25) is 14.5 Å². The van der Waals surface area contributed by atoms with Crippen molar-refractivity contribution in [2.24, 2.45) is 10.9 Å². The fourth-order valence-electron chi connectivity index (χ4n) is 2.47. The molecule has 134 valence electrons. The Bertz CT molecular complexity index is 744. The van der Waals surface area contributed by atoms with Crippen LogP contribution < -0.4 is 5.32 Å². The third kappa shape index (κ3) is 4.23. The summed E-state index contributed by atoms with van der Waals surface area (Å²) in [6.07, 6.45) is -4.72. The molecule has 1 unspecified atom stereocenters. The number of rotatable bonds is 4. The zero-order chi connectivity index (χ0) is 18.8. The zero-order valence-corrected chi connectivity index (χ0v) is 13.6. The first kappa shape index (κ1) is 18.6. The Labute approximate surface area is 141 Å². The lowest BCUT2D eigenvalue weighted by Crippen LogP contribution is -2.43. The van der Waals surface area contributed by atoms with Crippen molar-refractivity contribution in [2.45, 2.75) is 25.9 Å². The van der Waals surface area contributed by atoms with Crippen molar-refractivity contribution in [3.8, 4) is 0 Å². The van der Waals surface area contributed by atoms with E-state index in [-0.39, 0.29) is 24.2 Å². The van der Waals surface area contributed by atoms with Crippen molar-refractivity contribution >= 4 is 29.2 Å². The van der Waals surface area contributed by atoms with Crippen molar-refractivity contribution in [1.29, 1.82) is 0 Å². The molecule has 0 radical (unpaired) electrons. The molecule has 1 N–H and O–H groups in total. The third-order valence-electron chi connectivity index (χ3n) is 3.86. The number of benzene rings is 1. The fourth-order valence-corrected chi connectivity index (χ4v) is 2.47. The van der Waals surface area contributed by atoms with E-state index in [1.807, 2.05) is 0 Å². The van der Waals surface area contributed by atoms with Crippen LogP contribution in [-0.4, -0.2) is 35.5 Å². The van der Waals surface area contributed by atoms with Gasteiger partial charge < -0.3 is 5.32 Å². The number of nitrogens with zero attached hydrogens (tertiary/aromatic N) is 2. The topological polar surface area (TPSA) is 78.8 Å². The largest absolute Gasteiger partial charge is 0.418 e. The van der Waals surface area contributed by atoms with Crippen LogP contribution >= 0.6 is 0 Å². The molecule has 1 aliphatic heterocycles. The monoisotopic (exact) mass is 355 g/mol. The number of anilines is 1. The van der Waals surface area contributed by atoms with Crippen molar-refractivity contribution < 1.29 is 27.6 Å². The smallest absolute Gasteiger partial charge is 0.326 e. The molecule has 6 nitrogen and oxygen atoms in total. The Hall–Kier alpha value is -2.71. The molecule has 0 bridgehead atoms. The highest BCUT2D eigenvalue weighted by Crippen LogP contribution is 2.34. The van der Waals surface area contributed by atoms with E-state index in [0.29, 0.717) is 0 Å². The van der Waals surface area contributed by atoms with Crippen LogP contribution in [0.15, 0.2) is 29.3 Å². The first-order valence-electron chi connectivity index (χ1n) is 7.44. The molecule has 1 aliphatic rings. The number of halogens is 3. The van der Waals surface area contributed by atoms with Crippen molar-refractivity contribution in [2.75, 3.05) is 12.4 Å². The number of hydrogen-bond acceptors (Lipinski definition) is 3. The van der Waals surface area contributed by atoms with E-state index < -0.39 is 35.5 Å². The Morgan fingerprint density at radius 1 is 1.28 bits per heavy atom. The minimum Gasteiger partial charge on any atom is -0.326 e. The van der Waals surface area contributed by atoms with Gasteiger partial charge in [0.15, 0.2) is 0 Å². The molecule has 4 amide bonds. The van der Waals surface area contributed by atoms with Crippen LogP contribution in [0.5, 0.6) is 0 Å². The number of nitrogens with one attached hydrogen (secondary N) is 1. The van der Waals surface area contributed by atoms with Gasteiger partial charge in [-0.15, -0.1) is 0 Å². The van der Waals surface area contributed by atoms with E-state index in [1.165, 1.54) is 26.1 Å². The molecule has 1 atom stereocenters. The highest BCUT2D eigenvalue weighted by atomic mass is 19.4. The molecule has 0 saturated carbocycles.